The largest absolute Gasteiger partial charge is 0.435 e. The van der Waals surface area contributed by atoms with Crippen molar-refractivity contribution in [3.63, 3.8) is 0 Å². The van der Waals surface area contributed by atoms with Crippen LogP contribution in [0.3, 0.4) is 0 Å². The highest BCUT2D eigenvalue weighted by molar-refractivity contribution is 5.68. The molecule has 0 N–H and O–H groups in total. The molecular formula is C21H29F3N4. The van der Waals surface area contributed by atoms with Crippen LogP contribution in [-0.2, 0) is 19.3 Å². The lowest BCUT2D eigenvalue weighted by Crippen LogP contribution is -2.31. The summed E-state index contributed by atoms with van der Waals surface area (Å²) in [5, 5.41) is 0. The number of benzene rings is 1. The van der Waals surface area contributed by atoms with Gasteiger partial charge >= 0.3 is 6.18 Å². The number of rotatable bonds is 5. The standard InChI is InChI=1S/C21H29F3N4/c1-6-8-26(5)13-17-19(21(22,23)24)25-20-27(17)9-7-10-28(20)18-15(3)11-14(2)12-16(18)4/h11-12H,6-10,13H2,1-5H3. The van der Waals surface area contributed by atoms with Gasteiger partial charge in [-0.05, 0) is 58.3 Å². The zero-order valence-electron chi connectivity index (χ0n) is 17.3. The van der Waals surface area contributed by atoms with E-state index in [0.717, 1.165) is 41.8 Å². The zero-order valence-corrected chi connectivity index (χ0v) is 17.3. The van der Waals surface area contributed by atoms with Crippen molar-refractivity contribution in [1.82, 2.24) is 14.5 Å². The average Bonchev–Trinajstić information content (AvgIpc) is 2.94. The molecule has 0 saturated heterocycles. The summed E-state index contributed by atoms with van der Waals surface area (Å²) in [6, 6.07) is 4.15. The molecule has 3 rings (SSSR count). The van der Waals surface area contributed by atoms with Crippen molar-refractivity contribution in [2.75, 3.05) is 25.0 Å². The first kappa shape index (κ1) is 20.7. The number of fused-ring (bicyclic) bond motifs is 1. The van der Waals surface area contributed by atoms with Crippen molar-refractivity contribution in [3.05, 3.63) is 40.2 Å². The van der Waals surface area contributed by atoms with Crippen LogP contribution in [0.15, 0.2) is 12.1 Å². The van der Waals surface area contributed by atoms with E-state index in [0.29, 0.717) is 19.0 Å². The van der Waals surface area contributed by atoms with Gasteiger partial charge in [-0.25, -0.2) is 4.98 Å². The second kappa shape index (κ2) is 7.78. The lowest BCUT2D eigenvalue weighted by molar-refractivity contribution is -0.141. The molecule has 2 aromatic rings. The number of imidazole rings is 1. The molecule has 0 aliphatic carbocycles. The highest BCUT2D eigenvalue weighted by atomic mass is 19.4. The van der Waals surface area contributed by atoms with E-state index < -0.39 is 11.9 Å². The second-order valence-electron chi connectivity index (χ2n) is 7.85. The van der Waals surface area contributed by atoms with Gasteiger partial charge < -0.3 is 14.4 Å². The maximum Gasteiger partial charge on any atom is 0.435 e. The Hall–Kier alpha value is -2.02. The minimum absolute atomic E-state index is 0.245. The van der Waals surface area contributed by atoms with Gasteiger partial charge in [0.25, 0.3) is 0 Å². The fourth-order valence-electron chi connectivity index (χ4n) is 4.32. The van der Waals surface area contributed by atoms with Gasteiger partial charge in [-0.2, -0.15) is 13.2 Å². The van der Waals surface area contributed by atoms with Gasteiger partial charge in [0.2, 0.25) is 5.95 Å². The summed E-state index contributed by atoms with van der Waals surface area (Å²) in [6.07, 6.45) is -2.78. The Morgan fingerprint density at radius 1 is 1.11 bits per heavy atom. The molecule has 0 fully saturated rings. The van der Waals surface area contributed by atoms with E-state index in [2.05, 4.69) is 17.1 Å². The molecule has 0 radical (unpaired) electrons. The first-order valence-corrected chi connectivity index (χ1v) is 9.84. The Balaban J connectivity index is 2.13. The Bertz CT molecular complexity index is 831. The number of anilines is 2. The molecule has 0 saturated carbocycles. The van der Waals surface area contributed by atoms with E-state index in [1.54, 1.807) is 4.57 Å². The summed E-state index contributed by atoms with van der Waals surface area (Å²) in [5.74, 6) is 0.411. The molecule has 0 atom stereocenters. The third-order valence-electron chi connectivity index (χ3n) is 5.26. The van der Waals surface area contributed by atoms with Gasteiger partial charge in [0.15, 0.2) is 5.69 Å². The van der Waals surface area contributed by atoms with Crippen molar-refractivity contribution in [2.24, 2.45) is 0 Å². The molecule has 1 aliphatic heterocycles. The van der Waals surface area contributed by atoms with Crippen LogP contribution in [0, 0.1) is 20.8 Å². The lowest BCUT2D eigenvalue weighted by Gasteiger charge is -2.32. The summed E-state index contributed by atoms with van der Waals surface area (Å²) in [6.45, 7) is 10.3. The van der Waals surface area contributed by atoms with E-state index >= 15 is 0 Å². The van der Waals surface area contributed by atoms with Crippen molar-refractivity contribution in [1.29, 1.82) is 0 Å². The monoisotopic (exact) mass is 394 g/mol. The molecule has 0 bridgehead atoms. The van der Waals surface area contributed by atoms with Gasteiger partial charge in [0.05, 0.1) is 5.69 Å². The Morgan fingerprint density at radius 3 is 2.32 bits per heavy atom. The Morgan fingerprint density at radius 2 is 1.75 bits per heavy atom. The highest BCUT2D eigenvalue weighted by Gasteiger charge is 2.41. The number of nitrogens with zero attached hydrogens (tertiary/aromatic N) is 4. The van der Waals surface area contributed by atoms with Gasteiger partial charge in [-0.15, -0.1) is 0 Å². The van der Waals surface area contributed by atoms with Crippen molar-refractivity contribution in [2.45, 2.75) is 59.8 Å². The summed E-state index contributed by atoms with van der Waals surface area (Å²) in [5.41, 5.74) is 3.76. The molecule has 0 amide bonds. The molecule has 28 heavy (non-hydrogen) atoms. The van der Waals surface area contributed by atoms with Crippen LogP contribution < -0.4 is 4.90 Å². The summed E-state index contributed by atoms with van der Waals surface area (Å²) in [4.78, 5) is 8.03. The second-order valence-corrected chi connectivity index (χ2v) is 7.85. The summed E-state index contributed by atoms with van der Waals surface area (Å²) < 4.78 is 43.2. The van der Waals surface area contributed by atoms with Crippen LogP contribution in [0.4, 0.5) is 24.8 Å². The third kappa shape index (κ3) is 3.90. The number of halogens is 3. The molecule has 0 spiro atoms. The number of aromatic nitrogens is 2. The van der Waals surface area contributed by atoms with Crippen LogP contribution in [0.25, 0.3) is 0 Å². The smallest absolute Gasteiger partial charge is 0.312 e. The molecule has 1 aromatic carbocycles. The van der Waals surface area contributed by atoms with Gasteiger partial charge in [0, 0.05) is 25.3 Å². The van der Waals surface area contributed by atoms with Gasteiger partial charge in [0.1, 0.15) is 0 Å². The minimum Gasteiger partial charge on any atom is -0.312 e. The van der Waals surface area contributed by atoms with Gasteiger partial charge in [-0.3, -0.25) is 0 Å². The van der Waals surface area contributed by atoms with Crippen LogP contribution in [-0.4, -0.2) is 34.6 Å². The minimum atomic E-state index is -4.46. The molecule has 7 heteroatoms. The first-order chi connectivity index (χ1) is 13.1. The van der Waals surface area contributed by atoms with Crippen molar-refractivity contribution < 1.29 is 13.2 Å². The zero-order chi connectivity index (χ0) is 20.6. The van der Waals surface area contributed by atoms with Crippen LogP contribution >= 0.6 is 0 Å². The number of aryl methyl sites for hydroxylation is 3. The molecule has 154 valence electrons. The fraction of sp³-hybridized carbons (Fsp3) is 0.571. The van der Waals surface area contributed by atoms with Crippen LogP contribution in [0.2, 0.25) is 0 Å². The highest BCUT2D eigenvalue weighted by Crippen LogP contribution is 2.40. The SMILES string of the molecule is CCCN(C)Cc1c(C(F)(F)F)nc2n1CCCN2c1c(C)cc(C)cc1C. The first-order valence-electron chi connectivity index (χ1n) is 9.84. The summed E-state index contributed by atoms with van der Waals surface area (Å²) >= 11 is 0. The Labute approximate surface area is 165 Å². The molecular weight excluding hydrogens is 365 g/mol. The lowest BCUT2D eigenvalue weighted by atomic mass is 10.0. The van der Waals surface area contributed by atoms with Crippen molar-refractivity contribution in [3.8, 4) is 0 Å². The number of alkyl halides is 3. The molecule has 4 nitrogen and oxygen atoms in total. The van der Waals surface area contributed by atoms with Crippen molar-refractivity contribution >= 4 is 11.6 Å². The summed E-state index contributed by atoms with van der Waals surface area (Å²) in [7, 11) is 1.86. The molecule has 2 heterocycles. The van der Waals surface area contributed by atoms with E-state index in [1.807, 2.05) is 44.5 Å². The quantitative estimate of drug-likeness (QED) is 0.696. The van der Waals surface area contributed by atoms with E-state index in [-0.39, 0.29) is 12.2 Å². The Kier molecular flexibility index (Phi) is 5.75. The number of hydrogen-bond acceptors (Lipinski definition) is 3. The van der Waals surface area contributed by atoms with E-state index in [9.17, 15) is 13.2 Å². The van der Waals surface area contributed by atoms with E-state index in [4.69, 9.17) is 0 Å². The predicted molar refractivity (Wildman–Crippen MR) is 106 cm³/mol. The average molecular weight is 394 g/mol. The maximum atomic E-state index is 13.8. The fourth-order valence-corrected chi connectivity index (χ4v) is 4.32. The van der Waals surface area contributed by atoms with Crippen LogP contribution in [0.5, 0.6) is 0 Å². The maximum absolute atomic E-state index is 13.8. The molecule has 1 aliphatic rings. The van der Waals surface area contributed by atoms with E-state index in [1.165, 1.54) is 0 Å². The number of hydrogen-bond donors (Lipinski definition) is 0. The normalized spacial score (nSPS) is 14.7. The predicted octanol–water partition coefficient (Wildman–Crippen LogP) is 5.21. The topological polar surface area (TPSA) is 24.3 Å². The van der Waals surface area contributed by atoms with Crippen LogP contribution in [0.1, 0.15) is 47.8 Å². The molecule has 1 aromatic heterocycles. The third-order valence-corrected chi connectivity index (χ3v) is 5.26. The molecule has 0 unspecified atom stereocenters. The van der Waals surface area contributed by atoms with Gasteiger partial charge in [-0.1, -0.05) is 24.6 Å².